The smallest absolute Gasteiger partial charge is 0.143 e. The number of nitrogens with zero attached hydrogens (tertiary/aromatic N) is 2. The molecule has 0 N–H and O–H groups in total. The lowest BCUT2D eigenvalue weighted by Gasteiger charge is -2.27. The first-order valence-electron chi connectivity index (χ1n) is 19.4. The fourth-order valence-electron chi connectivity index (χ4n) is 8.50. The Hall–Kier alpha value is -7.62. The van der Waals surface area contributed by atoms with Gasteiger partial charge in [-0.05, 0) is 101 Å². The molecule has 0 aliphatic carbocycles. The highest BCUT2D eigenvalue weighted by Gasteiger charge is 2.20. The van der Waals surface area contributed by atoms with Crippen molar-refractivity contribution < 1.29 is 4.42 Å². The van der Waals surface area contributed by atoms with Gasteiger partial charge in [0.1, 0.15) is 11.2 Å². The summed E-state index contributed by atoms with van der Waals surface area (Å²) in [6.45, 7) is 0. The van der Waals surface area contributed by atoms with Gasteiger partial charge in [-0.3, -0.25) is 0 Å². The molecule has 0 aliphatic rings. The number of anilines is 3. The minimum atomic E-state index is 0.889. The number of rotatable bonds is 7. The molecule has 268 valence electrons. The largest absolute Gasteiger partial charge is 0.455 e. The summed E-state index contributed by atoms with van der Waals surface area (Å²) in [7, 11) is 0. The van der Waals surface area contributed by atoms with E-state index in [4.69, 9.17) is 4.42 Å². The first-order valence-corrected chi connectivity index (χ1v) is 19.4. The molecule has 0 unspecified atom stereocenters. The van der Waals surface area contributed by atoms with Crippen molar-refractivity contribution in [3.63, 3.8) is 0 Å². The maximum atomic E-state index is 6.65. The molecule has 11 rings (SSSR count). The average Bonchev–Trinajstić information content (AvgIpc) is 3.83. The zero-order chi connectivity index (χ0) is 37.7. The standard InChI is InChI=1S/C54H36N2O/c1-4-15-37(16-5-1)38-27-30-44(31-28-38)55(42-17-6-2-7-18-42)45-34-40(33-41(35-45)46-23-14-24-50-49-22-11-13-26-53(49)57-54(46)50)39-29-32-48-47-21-10-12-25-51(47)56(52(48)36-39)43-19-8-3-9-20-43/h1-36H. The highest BCUT2D eigenvalue weighted by molar-refractivity contribution is 6.11. The van der Waals surface area contributed by atoms with Gasteiger partial charge in [0.05, 0.1) is 11.0 Å². The van der Waals surface area contributed by atoms with E-state index in [0.29, 0.717) is 0 Å². The molecule has 2 heterocycles. The summed E-state index contributed by atoms with van der Waals surface area (Å²) in [5.41, 5.74) is 15.2. The van der Waals surface area contributed by atoms with Crippen LogP contribution in [0.3, 0.4) is 0 Å². The second kappa shape index (κ2) is 13.6. The monoisotopic (exact) mass is 728 g/mol. The van der Waals surface area contributed by atoms with Crippen LogP contribution in [0.25, 0.3) is 82.8 Å². The number of hydrogen-bond acceptors (Lipinski definition) is 2. The third-order valence-corrected chi connectivity index (χ3v) is 11.2. The lowest BCUT2D eigenvalue weighted by atomic mass is 9.95. The van der Waals surface area contributed by atoms with Crippen molar-refractivity contribution in [2.45, 2.75) is 0 Å². The van der Waals surface area contributed by atoms with E-state index in [1.807, 2.05) is 6.07 Å². The van der Waals surface area contributed by atoms with Gasteiger partial charge in [-0.1, -0.05) is 146 Å². The molecule has 0 amide bonds. The Morgan fingerprint density at radius 1 is 0.333 bits per heavy atom. The zero-order valence-corrected chi connectivity index (χ0v) is 31.1. The van der Waals surface area contributed by atoms with E-state index < -0.39 is 0 Å². The first-order chi connectivity index (χ1) is 28.3. The lowest BCUT2D eigenvalue weighted by Crippen LogP contribution is -2.10. The predicted molar refractivity (Wildman–Crippen MR) is 239 cm³/mol. The van der Waals surface area contributed by atoms with Crippen LogP contribution in [0, 0.1) is 0 Å². The molecule has 0 saturated heterocycles. The number of aromatic nitrogens is 1. The molecule has 0 aliphatic heterocycles. The molecule has 0 bridgehead atoms. The second-order valence-electron chi connectivity index (χ2n) is 14.6. The molecule has 3 heteroatoms. The van der Waals surface area contributed by atoms with Gasteiger partial charge in [0.15, 0.2) is 0 Å². The molecule has 0 radical (unpaired) electrons. The van der Waals surface area contributed by atoms with Crippen LogP contribution < -0.4 is 4.90 Å². The van der Waals surface area contributed by atoms with Crippen molar-refractivity contribution in [2.24, 2.45) is 0 Å². The minimum absolute atomic E-state index is 0.889. The SMILES string of the molecule is c1ccc(-c2ccc(N(c3ccccc3)c3cc(-c4ccc5c6ccccc6n(-c6ccccc6)c5c4)cc(-c4cccc5c4oc4ccccc45)c3)cc2)cc1. The summed E-state index contributed by atoms with van der Waals surface area (Å²) in [6, 6.07) is 78.2. The summed E-state index contributed by atoms with van der Waals surface area (Å²) in [5, 5.41) is 4.70. The van der Waals surface area contributed by atoms with Crippen molar-refractivity contribution in [1.82, 2.24) is 4.57 Å². The Bertz CT molecular complexity index is 3220. The number of benzene rings is 9. The van der Waals surface area contributed by atoms with Gasteiger partial charge in [0.2, 0.25) is 0 Å². The number of para-hydroxylation sites is 5. The fourth-order valence-corrected chi connectivity index (χ4v) is 8.50. The van der Waals surface area contributed by atoms with Gasteiger partial charge in [-0.2, -0.15) is 0 Å². The predicted octanol–water partition coefficient (Wildman–Crippen LogP) is 15.2. The van der Waals surface area contributed by atoms with E-state index in [-0.39, 0.29) is 0 Å². The number of fused-ring (bicyclic) bond motifs is 6. The highest BCUT2D eigenvalue weighted by atomic mass is 16.3. The quantitative estimate of drug-likeness (QED) is 0.163. The van der Waals surface area contributed by atoms with Crippen LogP contribution in [0.2, 0.25) is 0 Å². The molecule has 0 fully saturated rings. The summed E-state index contributed by atoms with van der Waals surface area (Å²) in [6.07, 6.45) is 0. The number of furan rings is 1. The van der Waals surface area contributed by atoms with E-state index in [2.05, 4.69) is 222 Å². The molecule has 57 heavy (non-hydrogen) atoms. The number of hydrogen-bond donors (Lipinski definition) is 0. The molecule has 11 aromatic rings. The summed E-state index contributed by atoms with van der Waals surface area (Å²) >= 11 is 0. The van der Waals surface area contributed by atoms with Crippen molar-refractivity contribution in [1.29, 1.82) is 0 Å². The Labute approximate surface area is 330 Å². The van der Waals surface area contributed by atoms with E-state index in [0.717, 1.165) is 66.9 Å². The highest BCUT2D eigenvalue weighted by Crippen LogP contribution is 2.44. The van der Waals surface area contributed by atoms with Gasteiger partial charge in [0, 0.05) is 49.9 Å². The van der Waals surface area contributed by atoms with Crippen LogP contribution in [0.4, 0.5) is 17.1 Å². The van der Waals surface area contributed by atoms with Crippen LogP contribution in [0.5, 0.6) is 0 Å². The first kappa shape index (κ1) is 32.8. The van der Waals surface area contributed by atoms with Crippen LogP contribution in [-0.2, 0) is 0 Å². The van der Waals surface area contributed by atoms with Crippen LogP contribution >= 0.6 is 0 Å². The van der Waals surface area contributed by atoms with Crippen LogP contribution in [0.15, 0.2) is 223 Å². The Morgan fingerprint density at radius 2 is 0.930 bits per heavy atom. The summed E-state index contributed by atoms with van der Waals surface area (Å²) in [4.78, 5) is 2.36. The Balaban J connectivity index is 1.16. The molecule has 0 saturated carbocycles. The third kappa shape index (κ3) is 5.68. The van der Waals surface area contributed by atoms with Gasteiger partial charge in [-0.25, -0.2) is 0 Å². The molecule has 2 aromatic heterocycles. The van der Waals surface area contributed by atoms with Crippen molar-refractivity contribution in [3.8, 4) is 39.1 Å². The Kier molecular flexibility index (Phi) is 7.82. The zero-order valence-electron chi connectivity index (χ0n) is 31.1. The summed E-state index contributed by atoms with van der Waals surface area (Å²) in [5.74, 6) is 0. The minimum Gasteiger partial charge on any atom is -0.455 e. The normalized spacial score (nSPS) is 11.5. The van der Waals surface area contributed by atoms with E-state index in [9.17, 15) is 0 Å². The van der Waals surface area contributed by atoms with Crippen molar-refractivity contribution in [3.05, 3.63) is 218 Å². The van der Waals surface area contributed by atoms with E-state index >= 15 is 0 Å². The molecule has 3 nitrogen and oxygen atoms in total. The van der Waals surface area contributed by atoms with Crippen LogP contribution in [-0.4, -0.2) is 4.57 Å². The van der Waals surface area contributed by atoms with Gasteiger partial charge in [0.25, 0.3) is 0 Å². The van der Waals surface area contributed by atoms with Crippen molar-refractivity contribution >= 4 is 60.8 Å². The lowest BCUT2D eigenvalue weighted by molar-refractivity contribution is 0.670. The molecule has 0 atom stereocenters. The van der Waals surface area contributed by atoms with E-state index in [1.54, 1.807) is 0 Å². The van der Waals surface area contributed by atoms with Gasteiger partial charge in [-0.15, -0.1) is 0 Å². The molecular weight excluding hydrogens is 693 g/mol. The van der Waals surface area contributed by atoms with Gasteiger partial charge >= 0.3 is 0 Å². The molecule has 0 spiro atoms. The molecular formula is C54H36N2O. The Morgan fingerprint density at radius 3 is 1.74 bits per heavy atom. The fraction of sp³-hybridized carbons (Fsp3) is 0. The van der Waals surface area contributed by atoms with Gasteiger partial charge < -0.3 is 13.9 Å². The van der Waals surface area contributed by atoms with Crippen molar-refractivity contribution in [2.75, 3.05) is 4.90 Å². The van der Waals surface area contributed by atoms with Crippen LogP contribution in [0.1, 0.15) is 0 Å². The third-order valence-electron chi connectivity index (χ3n) is 11.2. The summed E-state index contributed by atoms with van der Waals surface area (Å²) < 4.78 is 9.04. The maximum absolute atomic E-state index is 6.65. The molecule has 9 aromatic carbocycles. The maximum Gasteiger partial charge on any atom is 0.143 e. The topological polar surface area (TPSA) is 21.3 Å². The second-order valence-corrected chi connectivity index (χ2v) is 14.6. The average molecular weight is 729 g/mol. The van der Waals surface area contributed by atoms with E-state index in [1.165, 1.54) is 32.9 Å².